The fourth-order valence-corrected chi connectivity index (χ4v) is 2.07. The first-order chi connectivity index (χ1) is 10.1. The van der Waals surface area contributed by atoms with Crippen LogP contribution in [-0.4, -0.2) is 38.8 Å². The average molecular weight is 301 g/mol. The summed E-state index contributed by atoms with van der Waals surface area (Å²) in [6, 6.07) is 8.84. The molecule has 0 aliphatic carbocycles. The van der Waals surface area contributed by atoms with Crippen LogP contribution in [-0.2, 0) is 19.8 Å². The van der Waals surface area contributed by atoms with E-state index in [0.717, 1.165) is 0 Å². The Kier molecular flexibility index (Phi) is 7.25. The molecule has 1 aromatic rings. The van der Waals surface area contributed by atoms with E-state index in [1.165, 1.54) is 0 Å². The Hall–Kier alpha value is -1.53. The monoisotopic (exact) mass is 301 g/mol. The second-order valence-corrected chi connectivity index (χ2v) is 4.43. The molecule has 118 valence electrons. The van der Waals surface area contributed by atoms with Crippen molar-refractivity contribution in [3.63, 3.8) is 0 Å². The van der Waals surface area contributed by atoms with Crippen molar-refractivity contribution in [2.75, 3.05) is 26.4 Å². The number of alkyl halides is 2. The Morgan fingerprint density at radius 2 is 1.95 bits per heavy atom. The molecule has 0 aliphatic rings. The maximum absolute atomic E-state index is 12.4. The SMILES string of the molecule is CCNC(COCC(F)F)(C(=O)OCC)c1ccccc1. The molecule has 0 saturated carbocycles. The van der Waals surface area contributed by atoms with E-state index in [-0.39, 0.29) is 13.2 Å². The minimum Gasteiger partial charge on any atom is -0.464 e. The predicted octanol–water partition coefficient (Wildman–Crippen LogP) is 2.34. The number of hydrogen-bond acceptors (Lipinski definition) is 4. The molecule has 1 atom stereocenters. The Balaban J connectivity index is 3.06. The molecular weight excluding hydrogens is 280 g/mol. The first kappa shape index (κ1) is 17.5. The number of carbonyl (C=O) groups is 1. The van der Waals surface area contributed by atoms with E-state index in [4.69, 9.17) is 9.47 Å². The van der Waals surface area contributed by atoms with Crippen LogP contribution in [0.15, 0.2) is 30.3 Å². The standard InChI is InChI=1S/C15H21F2NO3/c1-3-18-15(14(19)21-4-2,11-20-10-13(16)17)12-8-6-5-7-9-12/h5-9,13,18H,3-4,10-11H2,1-2H3. The smallest absolute Gasteiger partial charge is 0.333 e. The van der Waals surface area contributed by atoms with Crippen LogP contribution in [0, 0.1) is 0 Å². The molecule has 1 aromatic carbocycles. The summed E-state index contributed by atoms with van der Waals surface area (Å²) in [5, 5.41) is 3.03. The number of ether oxygens (including phenoxy) is 2. The fraction of sp³-hybridized carbons (Fsp3) is 0.533. The highest BCUT2D eigenvalue weighted by Crippen LogP contribution is 2.24. The summed E-state index contributed by atoms with van der Waals surface area (Å²) in [4.78, 5) is 12.4. The van der Waals surface area contributed by atoms with Crippen molar-refractivity contribution in [2.45, 2.75) is 25.8 Å². The van der Waals surface area contributed by atoms with Crippen molar-refractivity contribution < 1.29 is 23.0 Å². The zero-order valence-electron chi connectivity index (χ0n) is 12.3. The van der Waals surface area contributed by atoms with E-state index in [2.05, 4.69) is 5.32 Å². The summed E-state index contributed by atoms with van der Waals surface area (Å²) in [5.41, 5.74) is -0.652. The Morgan fingerprint density at radius 1 is 1.29 bits per heavy atom. The van der Waals surface area contributed by atoms with Crippen molar-refractivity contribution in [3.05, 3.63) is 35.9 Å². The molecule has 4 nitrogen and oxygen atoms in total. The number of halogens is 2. The lowest BCUT2D eigenvalue weighted by atomic mass is 9.90. The number of likely N-dealkylation sites (N-methyl/N-ethyl adjacent to an activating group) is 1. The number of carbonyl (C=O) groups excluding carboxylic acids is 1. The molecule has 0 amide bonds. The molecule has 21 heavy (non-hydrogen) atoms. The molecule has 0 radical (unpaired) electrons. The maximum atomic E-state index is 12.4. The third kappa shape index (κ3) is 4.75. The summed E-state index contributed by atoms with van der Waals surface area (Å²) in [7, 11) is 0. The van der Waals surface area contributed by atoms with E-state index in [1.54, 1.807) is 31.2 Å². The van der Waals surface area contributed by atoms with Crippen LogP contribution in [0.25, 0.3) is 0 Å². The lowest BCUT2D eigenvalue weighted by Gasteiger charge is -2.32. The molecule has 0 saturated heterocycles. The molecule has 0 bridgehead atoms. The van der Waals surface area contributed by atoms with Gasteiger partial charge in [-0.05, 0) is 19.0 Å². The lowest BCUT2D eigenvalue weighted by Crippen LogP contribution is -2.53. The summed E-state index contributed by atoms with van der Waals surface area (Å²) in [6.07, 6.45) is -2.58. The quantitative estimate of drug-likeness (QED) is 0.711. The largest absolute Gasteiger partial charge is 0.464 e. The van der Waals surface area contributed by atoms with E-state index in [0.29, 0.717) is 12.1 Å². The third-order valence-electron chi connectivity index (χ3n) is 2.93. The summed E-state index contributed by atoms with van der Waals surface area (Å²) >= 11 is 0. The van der Waals surface area contributed by atoms with Crippen LogP contribution in [0.2, 0.25) is 0 Å². The van der Waals surface area contributed by atoms with Crippen molar-refractivity contribution >= 4 is 5.97 Å². The van der Waals surface area contributed by atoms with Gasteiger partial charge in [0.2, 0.25) is 0 Å². The molecular formula is C15H21F2NO3. The molecule has 1 N–H and O–H groups in total. The normalized spacial score (nSPS) is 14.0. The fourth-order valence-electron chi connectivity index (χ4n) is 2.07. The summed E-state index contributed by atoms with van der Waals surface area (Å²) in [5.74, 6) is -0.535. The van der Waals surface area contributed by atoms with Gasteiger partial charge in [0.1, 0.15) is 6.61 Å². The Morgan fingerprint density at radius 3 is 2.48 bits per heavy atom. The maximum Gasteiger partial charge on any atom is 0.333 e. The molecule has 1 unspecified atom stereocenters. The van der Waals surface area contributed by atoms with Gasteiger partial charge in [-0.2, -0.15) is 0 Å². The number of benzene rings is 1. The van der Waals surface area contributed by atoms with Gasteiger partial charge in [-0.1, -0.05) is 37.3 Å². The zero-order chi connectivity index (χ0) is 15.7. The number of hydrogen-bond donors (Lipinski definition) is 1. The molecule has 0 aliphatic heterocycles. The van der Waals surface area contributed by atoms with Crippen molar-refractivity contribution in [3.8, 4) is 0 Å². The Labute approximate surface area is 123 Å². The molecule has 0 fully saturated rings. The molecule has 0 aromatic heterocycles. The van der Waals surface area contributed by atoms with E-state index in [1.807, 2.05) is 13.0 Å². The number of nitrogens with one attached hydrogen (secondary N) is 1. The van der Waals surface area contributed by atoms with Crippen LogP contribution < -0.4 is 5.32 Å². The van der Waals surface area contributed by atoms with Gasteiger partial charge in [0.15, 0.2) is 5.54 Å². The first-order valence-corrected chi connectivity index (χ1v) is 6.90. The zero-order valence-corrected chi connectivity index (χ0v) is 12.3. The van der Waals surface area contributed by atoms with Crippen molar-refractivity contribution in [1.82, 2.24) is 5.32 Å². The van der Waals surface area contributed by atoms with Gasteiger partial charge in [0, 0.05) is 0 Å². The molecule has 6 heteroatoms. The van der Waals surface area contributed by atoms with Gasteiger partial charge in [-0.15, -0.1) is 0 Å². The Bertz CT molecular complexity index is 428. The second-order valence-electron chi connectivity index (χ2n) is 4.43. The van der Waals surface area contributed by atoms with Gasteiger partial charge < -0.3 is 9.47 Å². The van der Waals surface area contributed by atoms with Crippen molar-refractivity contribution in [2.24, 2.45) is 0 Å². The average Bonchev–Trinajstić information content (AvgIpc) is 2.47. The van der Waals surface area contributed by atoms with Gasteiger partial charge >= 0.3 is 5.97 Å². The highest BCUT2D eigenvalue weighted by atomic mass is 19.3. The summed E-state index contributed by atoms with van der Waals surface area (Å²) < 4.78 is 34.7. The van der Waals surface area contributed by atoms with E-state index < -0.39 is 24.5 Å². The minimum absolute atomic E-state index is 0.202. The van der Waals surface area contributed by atoms with Gasteiger partial charge in [0.05, 0.1) is 13.2 Å². The van der Waals surface area contributed by atoms with Crippen LogP contribution in [0.4, 0.5) is 8.78 Å². The van der Waals surface area contributed by atoms with Crippen molar-refractivity contribution in [1.29, 1.82) is 0 Å². The predicted molar refractivity (Wildman–Crippen MR) is 75.3 cm³/mol. The second kappa shape index (κ2) is 8.69. The highest BCUT2D eigenvalue weighted by Gasteiger charge is 2.41. The van der Waals surface area contributed by atoms with Crippen LogP contribution in [0.1, 0.15) is 19.4 Å². The van der Waals surface area contributed by atoms with Gasteiger partial charge in [0.25, 0.3) is 6.43 Å². The molecule has 0 spiro atoms. The van der Waals surface area contributed by atoms with Crippen LogP contribution in [0.3, 0.4) is 0 Å². The third-order valence-corrected chi connectivity index (χ3v) is 2.93. The number of esters is 1. The first-order valence-electron chi connectivity index (χ1n) is 6.90. The molecule has 0 heterocycles. The van der Waals surface area contributed by atoms with E-state index >= 15 is 0 Å². The van der Waals surface area contributed by atoms with Gasteiger partial charge in [-0.3, -0.25) is 5.32 Å². The van der Waals surface area contributed by atoms with E-state index in [9.17, 15) is 13.6 Å². The molecule has 1 rings (SSSR count). The highest BCUT2D eigenvalue weighted by molar-refractivity contribution is 5.83. The van der Waals surface area contributed by atoms with Crippen LogP contribution in [0.5, 0.6) is 0 Å². The lowest BCUT2D eigenvalue weighted by molar-refractivity contribution is -0.155. The minimum atomic E-state index is -2.58. The number of rotatable bonds is 9. The topological polar surface area (TPSA) is 47.6 Å². The van der Waals surface area contributed by atoms with Crippen LogP contribution >= 0.6 is 0 Å². The summed E-state index contributed by atoms with van der Waals surface area (Å²) in [6.45, 7) is 3.25. The van der Waals surface area contributed by atoms with Gasteiger partial charge in [-0.25, -0.2) is 13.6 Å².